The van der Waals surface area contributed by atoms with Crippen LogP contribution in [0.3, 0.4) is 0 Å². The maximum atomic E-state index is 4.88. The van der Waals surface area contributed by atoms with E-state index in [-0.39, 0.29) is 0 Å². The SMILES string of the molecule is CCCCCc1ccc(Nc2cccc3cnc(Nc4cccc(N5CCN(C)CC5)c4)nc23)cc1. The summed E-state index contributed by atoms with van der Waals surface area (Å²) in [5.41, 5.74) is 6.55. The summed E-state index contributed by atoms with van der Waals surface area (Å²) in [6.07, 6.45) is 6.81. The standard InChI is InChI=1S/C30H36N6/c1-3-4-5-8-23-13-15-25(16-14-23)32-28-12-6-9-24-22-31-30(34-29(24)28)33-26-10-7-11-27(21-26)36-19-17-35(2)18-20-36/h6-7,9-16,21-22,32H,3-5,8,17-20H2,1-2H3,(H,31,33,34). The molecule has 4 aromatic rings. The van der Waals surface area contributed by atoms with Crippen LogP contribution in [0, 0.1) is 0 Å². The first-order valence-corrected chi connectivity index (χ1v) is 13.1. The van der Waals surface area contributed by atoms with Crippen molar-refractivity contribution in [3.05, 3.63) is 78.5 Å². The summed E-state index contributed by atoms with van der Waals surface area (Å²) in [6, 6.07) is 23.4. The van der Waals surface area contributed by atoms with E-state index in [0.29, 0.717) is 5.95 Å². The molecule has 6 heteroatoms. The molecule has 5 rings (SSSR count). The first-order valence-electron chi connectivity index (χ1n) is 13.1. The largest absolute Gasteiger partial charge is 0.369 e. The summed E-state index contributed by atoms with van der Waals surface area (Å²) in [4.78, 5) is 14.3. The van der Waals surface area contributed by atoms with Crippen molar-refractivity contribution in [3.8, 4) is 0 Å². The number of hydrogen-bond acceptors (Lipinski definition) is 6. The van der Waals surface area contributed by atoms with Crippen molar-refractivity contribution in [1.82, 2.24) is 14.9 Å². The minimum absolute atomic E-state index is 0.596. The second-order valence-electron chi connectivity index (χ2n) is 9.68. The number of aromatic nitrogens is 2. The fraction of sp³-hybridized carbons (Fsp3) is 0.333. The highest BCUT2D eigenvalue weighted by atomic mass is 15.2. The number of piperazine rings is 1. The molecule has 0 spiro atoms. The average Bonchev–Trinajstić information content (AvgIpc) is 2.91. The van der Waals surface area contributed by atoms with Crippen molar-refractivity contribution < 1.29 is 0 Å². The summed E-state index contributed by atoms with van der Waals surface area (Å²) in [5.74, 6) is 0.596. The number of unbranched alkanes of at least 4 members (excludes halogenated alkanes) is 2. The van der Waals surface area contributed by atoms with Crippen LogP contribution in [0.1, 0.15) is 31.7 Å². The van der Waals surface area contributed by atoms with Gasteiger partial charge in [0.15, 0.2) is 0 Å². The van der Waals surface area contributed by atoms with E-state index in [2.05, 4.69) is 100 Å². The summed E-state index contributed by atoms with van der Waals surface area (Å²) in [5, 5.41) is 7.99. The van der Waals surface area contributed by atoms with E-state index in [1.54, 1.807) is 0 Å². The second-order valence-corrected chi connectivity index (χ2v) is 9.68. The first-order chi connectivity index (χ1) is 17.7. The van der Waals surface area contributed by atoms with Gasteiger partial charge < -0.3 is 20.4 Å². The number of anilines is 5. The molecule has 0 saturated carbocycles. The van der Waals surface area contributed by atoms with Gasteiger partial charge in [-0.1, -0.05) is 50.1 Å². The maximum Gasteiger partial charge on any atom is 0.227 e. The number of rotatable bonds is 9. The molecule has 36 heavy (non-hydrogen) atoms. The highest BCUT2D eigenvalue weighted by molar-refractivity contribution is 5.92. The Kier molecular flexibility index (Phi) is 7.62. The molecule has 2 heterocycles. The third-order valence-corrected chi connectivity index (χ3v) is 6.88. The van der Waals surface area contributed by atoms with E-state index in [1.807, 2.05) is 12.3 Å². The number of likely N-dealkylation sites (N-methyl/N-ethyl adjacent to an activating group) is 1. The number of nitrogens with one attached hydrogen (secondary N) is 2. The van der Waals surface area contributed by atoms with Crippen molar-refractivity contribution in [3.63, 3.8) is 0 Å². The van der Waals surface area contributed by atoms with Crippen molar-refractivity contribution in [1.29, 1.82) is 0 Å². The van der Waals surface area contributed by atoms with Crippen LogP contribution in [0.25, 0.3) is 10.9 Å². The van der Waals surface area contributed by atoms with Gasteiger partial charge in [0.1, 0.15) is 0 Å². The summed E-state index contributed by atoms with van der Waals surface area (Å²) in [7, 11) is 2.18. The lowest BCUT2D eigenvalue weighted by Gasteiger charge is -2.34. The van der Waals surface area contributed by atoms with Gasteiger partial charge in [-0.25, -0.2) is 9.97 Å². The zero-order valence-electron chi connectivity index (χ0n) is 21.4. The van der Waals surface area contributed by atoms with E-state index < -0.39 is 0 Å². The summed E-state index contributed by atoms with van der Waals surface area (Å²) in [6.45, 7) is 6.50. The Balaban J connectivity index is 1.32. The molecule has 0 bridgehead atoms. The Labute approximate surface area is 214 Å². The van der Waals surface area contributed by atoms with Gasteiger partial charge in [-0.05, 0) is 61.9 Å². The van der Waals surface area contributed by atoms with Crippen LogP contribution in [0.15, 0.2) is 72.9 Å². The van der Waals surface area contributed by atoms with Crippen molar-refractivity contribution in [2.24, 2.45) is 0 Å². The first kappa shape index (κ1) is 24.1. The lowest BCUT2D eigenvalue weighted by Crippen LogP contribution is -2.44. The Bertz CT molecular complexity index is 1280. The van der Waals surface area contributed by atoms with E-state index in [4.69, 9.17) is 4.98 Å². The molecule has 0 amide bonds. The van der Waals surface area contributed by atoms with Crippen LogP contribution in [0.2, 0.25) is 0 Å². The number of aryl methyl sites for hydroxylation is 1. The van der Waals surface area contributed by atoms with Crippen LogP contribution < -0.4 is 15.5 Å². The highest BCUT2D eigenvalue weighted by Crippen LogP contribution is 2.27. The Morgan fingerprint density at radius 3 is 2.44 bits per heavy atom. The van der Waals surface area contributed by atoms with Crippen LogP contribution in [-0.4, -0.2) is 48.1 Å². The van der Waals surface area contributed by atoms with Crippen molar-refractivity contribution in [2.75, 3.05) is 48.8 Å². The summed E-state index contributed by atoms with van der Waals surface area (Å²) < 4.78 is 0. The van der Waals surface area contributed by atoms with Gasteiger partial charge in [-0.3, -0.25) is 0 Å². The predicted molar refractivity (Wildman–Crippen MR) is 152 cm³/mol. The minimum atomic E-state index is 0.596. The van der Waals surface area contributed by atoms with E-state index in [0.717, 1.165) is 60.6 Å². The van der Waals surface area contributed by atoms with Gasteiger partial charge in [-0.15, -0.1) is 0 Å². The minimum Gasteiger partial charge on any atom is -0.369 e. The molecule has 0 radical (unpaired) electrons. The van der Waals surface area contributed by atoms with Crippen molar-refractivity contribution >= 4 is 39.6 Å². The van der Waals surface area contributed by atoms with Gasteiger partial charge in [0.25, 0.3) is 0 Å². The Hall–Kier alpha value is -3.64. The third kappa shape index (κ3) is 5.94. The van der Waals surface area contributed by atoms with Gasteiger partial charge in [0.2, 0.25) is 5.95 Å². The fourth-order valence-electron chi connectivity index (χ4n) is 4.68. The van der Waals surface area contributed by atoms with Gasteiger partial charge in [-0.2, -0.15) is 0 Å². The van der Waals surface area contributed by atoms with E-state index in [1.165, 1.54) is 30.5 Å². The van der Waals surface area contributed by atoms with Gasteiger partial charge >= 0.3 is 0 Å². The molecule has 1 aliphatic heterocycles. The molecule has 2 N–H and O–H groups in total. The van der Waals surface area contributed by atoms with Crippen LogP contribution >= 0.6 is 0 Å². The number of benzene rings is 3. The van der Waals surface area contributed by atoms with Crippen LogP contribution in [-0.2, 0) is 6.42 Å². The molecule has 3 aromatic carbocycles. The molecule has 0 unspecified atom stereocenters. The number of para-hydroxylation sites is 1. The molecular formula is C30H36N6. The number of hydrogen-bond donors (Lipinski definition) is 2. The third-order valence-electron chi connectivity index (χ3n) is 6.88. The smallest absolute Gasteiger partial charge is 0.227 e. The fourth-order valence-corrected chi connectivity index (χ4v) is 4.68. The van der Waals surface area contributed by atoms with Gasteiger partial charge in [0, 0.05) is 54.8 Å². The normalized spacial score (nSPS) is 14.2. The average molecular weight is 481 g/mol. The quantitative estimate of drug-likeness (QED) is 0.263. The number of fused-ring (bicyclic) bond motifs is 1. The predicted octanol–water partition coefficient (Wildman–Crippen LogP) is 6.60. The molecule has 6 nitrogen and oxygen atoms in total. The molecule has 0 atom stereocenters. The molecule has 1 saturated heterocycles. The highest BCUT2D eigenvalue weighted by Gasteiger charge is 2.14. The van der Waals surface area contributed by atoms with Gasteiger partial charge in [0.05, 0.1) is 11.2 Å². The second kappa shape index (κ2) is 11.4. The molecule has 1 aliphatic rings. The lowest BCUT2D eigenvalue weighted by atomic mass is 10.1. The van der Waals surface area contributed by atoms with E-state index >= 15 is 0 Å². The topological polar surface area (TPSA) is 56.3 Å². The summed E-state index contributed by atoms with van der Waals surface area (Å²) >= 11 is 0. The zero-order valence-corrected chi connectivity index (χ0v) is 21.4. The molecule has 186 valence electrons. The molecule has 1 fully saturated rings. The monoisotopic (exact) mass is 480 g/mol. The number of nitrogens with zero attached hydrogens (tertiary/aromatic N) is 4. The lowest BCUT2D eigenvalue weighted by molar-refractivity contribution is 0.313. The molecular weight excluding hydrogens is 444 g/mol. The molecule has 0 aliphatic carbocycles. The zero-order chi connectivity index (χ0) is 24.7. The van der Waals surface area contributed by atoms with Crippen LogP contribution in [0.4, 0.5) is 28.7 Å². The maximum absolute atomic E-state index is 4.88. The molecule has 1 aromatic heterocycles. The Morgan fingerprint density at radius 1 is 0.833 bits per heavy atom. The van der Waals surface area contributed by atoms with Crippen LogP contribution in [0.5, 0.6) is 0 Å². The Morgan fingerprint density at radius 2 is 1.64 bits per heavy atom. The van der Waals surface area contributed by atoms with E-state index in [9.17, 15) is 0 Å². The van der Waals surface area contributed by atoms with Crippen molar-refractivity contribution in [2.45, 2.75) is 32.6 Å².